The van der Waals surface area contributed by atoms with Crippen LogP contribution < -0.4 is 5.32 Å². The average Bonchev–Trinajstić information content (AvgIpc) is 2.52. The number of Topliss-reactive ketones (excluding diaryl/α,β-unsaturated/α-hetero) is 1. The summed E-state index contributed by atoms with van der Waals surface area (Å²) in [5.74, 6) is 0.225. The standard InChI is InChI=1S/C18H17Cl2NO/c1-11-17(22)10-16(12-2-6-14(19)7-3-12)21-18(11)13-4-8-15(20)9-5-13/h2-9,11,16,18,21H,10H2,1H3/t11-,16-,18+/m0/s1. The van der Waals surface area contributed by atoms with Gasteiger partial charge in [0.05, 0.1) is 0 Å². The molecule has 1 aliphatic rings. The monoisotopic (exact) mass is 333 g/mol. The largest absolute Gasteiger partial charge is 0.302 e. The molecule has 3 atom stereocenters. The Bertz CT molecular complexity index is 666. The molecule has 22 heavy (non-hydrogen) atoms. The van der Waals surface area contributed by atoms with Gasteiger partial charge in [-0.2, -0.15) is 0 Å². The Labute approximate surface area is 140 Å². The highest BCUT2D eigenvalue weighted by atomic mass is 35.5. The van der Waals surface area contributed by atoms with E-state index in [0.717, 1.165) is 11.1 Å². The minimum absolute atomic E-state index is 0.000746. The summed E-state index contributed by atoms with van der Waals surface area (Å²) in [6.07, 6.45) is 0.507. The number of halogens is 2. The first-order valence-corrected chi connectivity index (χ1v) is 8.10. The summed E-state index contributed by atoms with van der Waals surface area (Å²) in [5.41, 5.74) is 2.17. The van der Waals surface area contributed by atoms with Crippen molar-refractivity contribution in [3.63, 3.8) is 0 Å². The highest BCUT2D eigenvalue weighted by Gasteiger charge is 2.34. The Balaban J connectivity index is 1.88. The van der Waals surface area contributed by atoms with Gasteiger partial charge in [0.2, 0.25) is 0 Å². The zero-order valence-electron chi connectivity index (χ0n) is 12.2. The first-order valence-electron chi connectivity index (χ1n) is 7.34. The van der Waals surface area contributed by atoms with E-state index in [0.29, 0.717) is 16.5 Å². The maximum Gasteiger partial charge on any atom is 0.139 e. The summed E-state index contributed by atoms with van der Waals surface area (Å²) < 4.78 is 0. The van der Waals surface area contributed by atoms with Gasteiger partial charge < -0.3 is 5.32 Å². The molecule has 1 fully saturated rings. The molecule has 0 bridgehead atoms. The number of rotatable bonds is 2. The van der Waals surface area contributed by atoms with E-state index in [9.17, 15) is 4.79 Å². The molecule has 2 nitrogen and oxygen atoms in total. The Hall–Kier alpha value is -1.35. The second-order valence-electron chi connectivity index (χ2n) is 5.76. The van der Waals surface area contributed by atoms with Crippen LogP contribution in [0, 0.1) is 5.92 Å². The molecule has 0 spiro atoms. The molecular weight excluding hydrogens is 317 g/mol. The number of benzene rings is 2. The summed E-state index contributed by atoms with van der Waals surface area (Å²) in [7, 11) is 0. The Morgan fingerprint density at radius 2 is 1.41 bits per heavy atom. The predicted molar refractivity (Wildman–Crippen MR) is 90.3 cm³/mol. The molecule has 1 heterocycles. The van der Waals surface area contributed by atoms with Crippen molar-refractivity contribution in [2.45, 2.75) is 25.4 Å². The lowest BCUT2D eigenvalue weighted by Gasteiger charge is -2.35. The molecule has 114 valence electrons. The molecule has 1 N–H and O–H groups in total. The molecule has 0 aromatic heterocycles. The van der Waals surface area contributed by atoms with E-state index in [1.54, 1.807) is 0 Å². The molecule has 2 aromatic carbocycles. The lowest BCUT2D eigenvalue weighted by Crippen LogP contribution is -2.41. The fourth-order valence-electron chi connectivity index (χ4n) is 2.96. The predicted octanol–water partition coefficient (Wildman–Crippen LogP) is 4.97. The Morgan fingerprint density at radius 3 is 1.95 bits per heavy atom. The topological polar surface area (TPSA) is 29.1 Å². The first kappa shape index (κ1) is 15.5. The molecule has 0 saturated carbocycles. The van der Waals surface area contributed by atoms with Gasteiger partial charge in [-0.1, -0.05) is 54.4 Å². The molecule has 1 saturated heterocycles. The van der Waals surface area contributed by atoms with Crippen LogP contribution in [0.1, 0.15) is 36.6 Å². The molecule has 0 radical (unpaired) electrons. The van der Waals surface area contributed by atoms with E-state index in [2.05, 4.69) is 5.32 Å². The average molecular weight is 334 g/mol. The van der Waals surface area contributed by atoms with Crippen molar-refractivity contribution in [1.29, 1.82) is 0 Å². The van der Waals surface area contributed by atoms with Gasteiger partial charge in [-0.3, -0.25) is 4.79 Å². The highest BCUT2D eigenvalue weighted by molar-refractivity contribution is 6.30. The third-order valence-electron chi connectivity index (χ3n) is 4.30. The van der Waals surface area contributed by atoms with Gasteiger partial charge in [0, 0.05) is 34.5 Å². The van der Waals surface area contributed by atoms with Crippen molar-refractivity contribution in [2.75, 3.05) is 0 Å². The fraction of sp³-hybridized carbons (Fsp3) is 0.278. The van der Waals surface area contributed by atoms with E-state index in [1.807, 2.05) is 55.5 Å². The summed E-state index contributed by atoms with van der Waals surface area (Å²) in [5, 5.41) is 5.00. The van der Waals surface area contributed by atoms with Crippen LogP contribution in [0.3, 0.4) is 0 Å². The van der Waals surface area contributed by atoms with Gasteiger partial charge >= 0.3 is 0 Å². The minimum atomic E-state index is -0.0512. The third-order valence-corrected chi connectivity index (χ3v) is 4.80. The molecule has 3 rings (SSSR count). The molecule has 2 aromatic rings. The maximum absolute atomic E-state index is 12.4. The number of nitrogens with one attached hydrogen (secondary N) is 1. The number of piperidine rings is 1. The van der Waals surface area contributed by atoms with Crippen LogP contribution in [0.2, 0.25) is 10.0 Å². The van der Waals surface area contributed by atoms with Crippen molar-refractivity contribution in [3.05, 3.63) is 69.7 Å². The molecule has 0 unspecified atom stereocenters. The molecular formula is C18H17Cl2NO. The minimum Gasteiger partial charge on any atom is -0.302 e. The van der Waals surface area contributed by atoms with Crippen molar-refractivity contribution < 1.29 is 4.79 Å². The smallest absolute Gasteiger partial charge is 0.139 e. The zero-order valence-corrected chi connectivity index (χ0v) is 13.7. The molecule has 4 heteroatoms. The molecule has 0 amide bonds. The van der Waals surface area contributed by atoms with Crippen LogP contribution in [0.5, 0.6) is 0 Å². The van der Waals surface area contributed by atoms with Crippen molar-refractivity contribution >= 4 is 29.0 Å². The van der Waals surface area contributed by atoms with E-state index in [-0.39, 0.29) is 23.8 Å². The van der Waals surface area contributed by atoms with Gasteiger partial charge in [-0.25, -0.2) is 0 Å². The number of hydrogen-bond acceptors (Lipinski definition) is 2. The first-order chi connectivity index (χ1) is 10.5. The normalized spacial score (nSPS) is 25.2. The lowest BCUT2D eigenvalue weighted by atomic mass is 9.82. The van der Waals surface area contributed by atoms with Gasteiger partial charge in [-0.05, 0) is 35.4 Å². The summed E-state index contributed by atoms with van der Waals surface area (Å²) in [6, 6.07) is 15.4. The van der Waals surface area contributed by atoms with Gasteiger partial charge in [0.15, 0.2) is 0 Å². The summed E-state index contributed by atoms with van der Waals surface area (Å²) in [4.78, 5) is 12.4. The molecule has 0 aliphatic carbocycles. The van der Waals surface area contributed by atoms with E-state index < -0.39 is 0 Å². The number of ketones is 1. The van der Waals surface area contributed by atoms with Crippen LogP contribution >= 0.6 is 23.2 Å². The maximum atomic E-state index is 12.4. The van der Waals surface area contributed by atoms with Crippen LogP contribution in [-0.2, 0) is 4.79 Å². The Kier molecular flexibility index (Phi) is 4.53. The SMILES string of the molecule is C[C@H]1C(=O)C[C@@H](c2ccc(Cl)cc2)N[C@H]1c1ccc(Cl)cc1. The van der Waals surface area contributed by atoms with Crippen molar-refractivity contribution in [1.82, 2.24) is 5.32 Å². The van der Waals surface area contributed by atoms with Crippen molar-refractivity contribution in [2.24, 2.45) is 5.92 Å². The van der Waals surface area contributed by atoms with Crippen LogP contribution in [0.15, 0.2) is 48.5 Å². The van der Waals surface area contributed by atoms with Crippen molar-refractivity contribution in [3.8, 4) is 0 Å². The van der Waals surface area contributed by atoms with E-state index >= 15 is 0 Å². The second kappa shape index (κ2) is 6.41. The van der Waals surface area contributed by atoms with Crippen LogP contribution in [0.4, 0.5) is 0 Å². The van der Waals surface area contributed by atoms with Gasteiger partial charge in [0.1, 0.15) is 5.78 Å². The third kappa shape index (κ3) is 3.19. The summed E-state index contributed by atoms with van der Waals surface area (Å²) >= 11 is 11.9. The number of carbonyl (C=O) groups is 1. The number of hydrogen-bond donors (Lipinski definition) is 1. The van der Waals surface area contributed by atoms with E-state index in [1.165, 1.54) is 0 Å². The van der Waals surface area contributed by atoms with E-state index in [4.69, 9.17) is 23.2 Å². The Morgan fingerprint density at radius 1 is 0.909 bits per heavy atom. The zero-order chi connectivity index (χ0) is 15.7. The lowest BCUT2D eigenvalue weighted by molar-refractivity contribution is -0.126. The number of carbonyl (C=O) groups excluding carboxylic acids is 1. The molecule has 1 aliphatic heterocycles. The quantitative estimate of drug-likeness (QED) is 0.840. The highest BCUT2D eigenvalue weighted by Crippen LogP contribution is 2.35. The second-order valence-corrected chi connectivity index (χ2v) is 6.63. The van der Waals surface area contributed by atoms with Crippen LogP contribution in [0.25, 0.3) is 0 Å². The van der Waals surface area contributed by atoms with Gasteiger partial charge in [-0.15, -0.1) is 0 Å². The fourth-order valence-corrected chi connectivity index (χ4v) is 3.21. The summed E-state index contributed by atoms with van der Waals surface area (Å²) in [6.45, 7) is 1.98. The van der Waals surface area contributed by atoms with Gasteiger partial charge in [0.25, 0.3) is 0 Å². The van der Waals surface area contributed by atoms with Crippen LogP contribution in [-0.4, -0.2) is 5.78 Å².